The molecule has 1 heterocycles. The Bertz CT molecular complexity index is 710. The molecule has 0 saturated carbocycles. The van der Waals surface area contributed by atoms with Gasteiger partial charge in [-0.15, -0.1) is 0 Å². The smallest absolute Gasteiger partial charge is 0.263 e. The van der Waals surface area contributed by atoms with Crippen LogP contribution in [0.2, 0.25) is 0 Å². The van der Waals surface area contributed by atoms with Gasteiger partial charge < -0.3 is 10.5 Å². The maximum Gasteiger partial charge on any atom is 0.263 e. The van der Waals surface area contributed by atoms with Gasteiger partial charge in [-0.05, 0) is 26.0 Å². The van der Waals surface area contributed by atoms with E-state index in [1.807, 2.05) is 0 Å². The first-order valence-electron chi connectivity index (χ1n) is 5.72. The third kappa shape index (κ3) is 1.71. The van der Waals surface area contributed by atoms with E-state index in [1.165, 1.54) is 21.0 Å². The lowest BCUT2D eigenvalue weighted by Crippen LogP contribution is -2.68. The number of carbonyl (C=O) groups excluding carboxylic acids is 1. The van der Waals surface area contributed by atoms with Gasteiger partial charge in [0.1, 0.15) is 16.4 Å². The lowest BCUT2D eigenvalue weighted by molar-refractivity contribution is -0.120. The van der Waals surface area contributed by atoms with Crippen LogP contribution in [-0.4, -0.2) is 31.2 Å². The van der Waals surface area contributed by atoms with Gasteiger partial charge in [-0.25, -0.2) is 8.42 Å². The third-order valence-corrected chi connectivity index (χ3v) is 5.79. The van der Waals surface area contributed by atoms with Crippen molar-refractivity contribution < 1.29 is 17.9 Å². The molecule has 108 valence electrons. The predicted molar refractivity (Wildman–Crippen MR) is 79.4 cm³/mol. The van der Waals surface area contributed by atoms with Crippen molar-refractivity contribution in [1.82, 2.24) is 0 Å². The molecule has 20 heavy (non-hydrogen) atoms. The molecule has 1 aliphatic heterocycles. The quantitative estimate of drug-likeness (QED) is 0.830. The fraction of sp³-hybridized carbons (Fsp3) is 0.333. The molecule has 1 aliphatic rings. The Morgan fingerprint density at radius 1 is 1.40 bits per heavy atom. The Morgan fingerprint density at radius 2 is 2.00 bits per heavy atom. The normalized spacial score (nSPS) is 19.4. The van der Waals surface area contributed by atoms with Crippen LogP contribution in [0, 0.1) is 0 Å². The van der Waals surface area contributed by atoms with Gasteiger partial charge >= 0.3 is 0 Å². The molecule has 0 atom stereocenters. The largest absolute Gasteiger partial charge is 0.495 e. The first-order chi connectivity index (χ1) is 9.16. The van der Waals surface area contributed by atoms with Gasteiger partial charge in [-0.2, -0.15) is 4.31 Å². The molecule has 0 aromatic heterocycles. The average molecular weight is 314 g/mol. The molecule has 0 aliphatic carbocycles. The molecule has 8 heteroatoms. The number of amides is 1. The number of hydrogen-bond donors (Lipinski definition) is 1. The Morgan fingerprint density at radius 3 is 2.45 bits per heavy atom. The van der Waals surface area contributed by atoms with Gasteiger partial charge in [0.2, 0.25) is 0 Å². The third-order valence-electron chi connectivity index (χ3n) is 3.27. The number of para-hydroxylation sites is 1. The van der Waals surface area contributed by atoms with E-state index in [9.17, 15) is 13.2 Å². The van der Waals surface area contributed by atoms with E-state index < -0.39 is 20.7 Å². The summed E-state index contributed by atoms with van der Waals surface area (Å²) in [5.74, 6) is -0.317. The maximum atomic E-state index is 12.3. The number of nitrogens with two attached hydrogens (primary N) is 1. The van der Waals surface area contributed by atoms with Gasteiger partial charge in [0, 0.05) is 5.56 Å². The van der Waals surface area contributed by atoms with Gasteiger partial charge in [0.05, 0.1) is 7.11 Å². The molecule has 1 amide bonds. The molecular weight excluding hydrogens is 300 g/mol. The predicted octanol–water partition coefficient (Wildman–Crippen LogP) is 0.784. The summed E-state index contributed by atoms with van der Waals surface area (Å²) in [6.07, 6.45) is 0. The first kappa shape index (κ1) is 14.7. The minimum atomic E-state index is -3.80. The highest BCUT2D eigenvalue weighted by Gasteiger charge is 2.62. The van der Waals surface area contributed by atoms with E-state index in [2.05, 4.69) is 0 Å². The highest BCUT2D eigenvalue weighted by molar-refractivity contribution is 7.98. The van der Waals surface area contributed by atoms with Crippen LogP contribution in [-0.2, 0) is 14.8 Å². The van der Waals surface area contributed by atoms with Gasteiger partial charge in [-0.1, -0.05) is 18.3 Å². The summed E-state index contributed by atoms with van der Waals surface area (Å²) >= 11 is 4.91. The summed E-state index contributed by atoms with van der Waals surface area (Å²) in [6.45, 7) is 2.72. The molecule has 0 bridgehead atoms. The van der Waals surface area contributed by atoms with E-state index in [0.29, 0.717) is 4.31 Å². The topological polar surface area (TPSA) is 89.7 Å². The lowest BCUT2D eigenvalue weighted by Gasteiger charge is -2.43. The van der Waals surface area contributed by atoms with Crippen molar-refractivity contribution in [1.29, 1.82) is 0 Å². The minimum Gasteiger partial charge on any atom is -0.495 e. The first-order valence-corrected chi connectivity index (χ1v) is 7.57. The number of rotatable bonds is 3. The molecule has 0 unspecified atom stereocenters. The number of carbonyl (C=O) groups is 1. The summed E-state index contributed by atoms with van der Waals surface area (Å²) in [7, 11) is -2.42. The number of thiocarbonyl (C=S) groups is 1. The van der Waals surface area contributed by atoms with Crippen LogP contribution in [0.5, 0.6) is 5.75 Å². The molecule has 1 aromatic rings. The molecule has 1 saturated heterocycles. The van der Waals surface area contributed by atoms with Gasteiger partial charge in [0.15, 0.2) is 4.75 Å². The number of ether oxygens (including phenoxy) is 1. The van der Waals surface area contributed by atoms with E-state index in [0.717, 1.165) is 0 Å². The zero-order chi connectivity index (χ0) is 15.3. The number of methoxy groups -OCH3 is 1. The minimum absolute atomic E-state index is 0.00777. The van der Waals surface area contributed by atoms with Crippen molar-refractivity contribution in [2.75, 3.05) is 11.4 Å². The van der Waals surface area contributed by atoms with Crippen molar-refractivity contribution in [3.8, 4) is 5.75 Å². The standard InChI is InChI=1S/C12H14N2O4S2/c1-12(2)11(15)14(20(12,16)17)9-7(10(13)19)5-4-6-8(9)18-3/h4-6H,1-3H3,(H2,13,19). The second-order valence-electron chi connectivity index (χ2n) is 4.81. The summed E-state index contributed by atoms with van der Waals surface area (Å²) < 4.78 is 29.0. The SMILES string of the molecule is COc1cccc(C(N)=S)c1N1C(=O)C(C)(C)S1(=O)=O. The average Bonchev–Trinajstić information content (AvgIpc) is 2.38. The summed E-state index contributed by atoms with van der Waals surface area (Å²) in [4.78, 5) is 12.1. The Hall–Kier alpha value is -1.67. The monoisotopic (exact) mass is 314 g/mol. The van der Waals surface area contributed by atoms with Crippen LogP contribution in [0.15, 0.2) is 18.2 Å². The Balaban J connectivity index is 2.72. The number of sulfonamides is 1. The molecule has 2 rings (SSSR count). The molecule has 6 nitrogen and oxygen atoms in total. The Labute approximate surface area is 122 Å². The van der Waals surface area contributed by atoms with E-state index in [4.69, 9.17) is 22.7 Å². The number of benzene rings is 1. The van der Waals surface area contributed by atoms with Crippen LogP contribution >= 0.6 is 12.2 Å². The Kier molecular flexibility index (Phi) is 3.26. The summed E-state index contributed by atoms with van der Waals surface area (Å²) in [5, 5.41) is 0. The fourth-order valence-electron chi connectivity index (χ4n) is 1.97. The molecular formula is C12H14N2O4S2. The second-order valence-corrected chi connectivity index (χ2v) is 7.58. The van der Waals surface area contributed by atoms with E-state index in [1.54, 1.807) is 18.2 Å². The van der Waals surface area contributed by atoms with E-state index >= 15 is 0 Å². The summed E-state index contributed by atoms with van der Waals surface area (Å²) in [6, 6.07) is 4.72. The summed E-state index contributed by atoms with van der Waals surface area (Å²) in [5.41, 5.74) is 5.96. The number of hydrogen-bond acceptors (Lipinski definition) is 5. The highest BCUT2D eigenvalue weighted by Crippen LogP contribution is 2.44. The molecule has 0 spiro atoms. The van der Waals surface area contributed by atoms with Crippen LogP contribution < -0.4 is 14.8 Å². The van der Waals surface area contributed by atoms with Crippen molar-refractivity contribution in [3.63, 3.8) is 0 Å². The zero-order valence-corrected chi connectivity index (χ0v) is 12.8. The van der Waals surface area contributed by atoms with E-state index in [-0.39, 0.29) is 22.0 Å². The van der Waals surface area contributed by atoms with Crippen LogP contribution in [0.3, 0.4) is 0 Å². The fourth-order valence-corrected chi connectivity index (χ4v) is 3.65. The van der Waals surface area contributed by atoms with Crippen molar-refractivity contribution in [2.45, 2.75) is 18.6 Å². The van der Waals surface area contributed by atoms with Crippen molar-refractivity contribution in [3.05, 3.63) is 23.8 Å². The lowest BCUT2D eigenvalue weighted by atomic mass is 10.1. The van der Waals surface area contributed by atoms with Crippen molar-refractivity contribution >= 4 is 38.8 Å². The molecule has 2 N–H and O–H groups in total. The van der Waals surface area contributed by atoms with Crippen LogP contribution in [0.4, 0.5) is 5.69 Å². The number of nitrogens with zero attached hydrogens (tertiary/aromatic N) is 1. The molecule has 0 radical (unpaired) electrons. The molecule has 1 fully saturated rings. The maximum absolute atomic E-state index is 12.3. The number of anilines is 1. The highest BCUT2D eigenvalue weighted by atomic mass is 32.2. The van der Waals surface area contributed by atoms with Gasteiger partial charge in [-0.3, -0.25) is 4.79 Å². The molecule has 1 aromatic carbocycles. The van der Waals surface area contributed by atoms with Gasteiger partial charge in [0.25, 0.3) is 15.9 Å². The van der Waals surface area contributed by atoms with Crippen LogP contribution in [0.25, 0.3) is 0 Å². The second kappa shape index (κ2) is 4.42. The van der Waals surface area contributed by atoms with Crippen LogP contribution in [0.1, 0.15) is 19.4 Å². The zero-order valence-electron chi connectivity index (χ0n) is 11.2. The van der Waals surface area contributed by atoms with Crippen molar-refractivity contribution in [2.24, 2.45) is 5.73 Å².